The van der Waals surface area contributed by atoms with Crippen molar-refractivity contribution >= 4 is 27.8 Å². The lowest BCUT2D eigenvalue weighted by Crippen LogP contribution is -2.04. The second-order valence-corrected chi connectivity index (χ2v) is 6.94. The van der Waals surface area contributed by atoms with Crippen molar-refractivity contribution in [3.63, 3.8) is 0 Å². The van der Waals surface area contributed by atoms with Gasteiger partial charge >= 0.3 is 0 Å². The van der Waals surface area contributed by atoms with Gasteiger partial charge in [-0.1, -0.05) is 13.3 Å². The van der Waals surface area contributed by atoms with E-state index < -0.39 is 11.1 Å². The first kappa shape index (κ1) is 18.4. The lowest BCUT2D eigenvalue weighted by Gasteiger charge is -2.05. The molecule has 1 heterocycles. The molecule has 1 atom stereocenters. The van der Waals surface area contributed by atoms with E-state index >= 15 is 0 Å². The number of ether oxygens (including phenoxy) is 1. The Morgan fingerprint density at radius 1 is 1.19 bits per heavy atom. The minimum Gasteiger partial charge on any atom is -0.497 e. The summed E-state index contributed by atoms with van der Waals surface area (Å²) in [6.07, 6.45) is 2.50. The predicted molar refractivity (Wildman–Crippen MR) is 100 cm³/mol. The van der Waals surface area contributed by atoms with Gasteiger partial charge in [-0.3, -0.25) is 4.79 Å². The molecule has 0 fully saturated rings. The molecule has 0 aliphatic rings. The molecule has 0 aliphatic carbocycles. The molecule has 0 saturated heterocycles. The van der Waals surface area contributed by atoms with Crippen LogP contribution in [0.25, 0.3) is 11.0 Å². The highest BCUT2D eigenvalue weighted by Gasteiger charge is 2.22. The molecule has 1 unspecified atom stereocenters. The fourth-order valence-electron chi connectivity index (χ4n) is 2.89. The van der Waals surface area contributed by atoms with Crippen LogP contribution in [-0.4, -0.2) is 21.7 Å². The molecule has 6 heteroatoms. The predicted octanol–water partition coefficient (Wildman–Crippen LogP) is 4.60. The molecule has 2 aromatic carbocycles. The molecule has 26 heavy (non-hydrogen) atoms. The van der Waals surface area contributed by atoms with Crippen LogP contribution in [0.2, 0.25) is 0 Å². The maximum absolute atomic E-state index is 13.1. The van der Waals surface area contributed by atoms with Gasteiger partial charge in [0.05, 0.1) is 17.6 Å². The fourth-order valence-corrected chi connectivity index (χ4v) is 3.29. The summed E-state index contributed by atoms with van der Waals surface area (Å²) in [5.74, 6) is 1.12. The van der Waals surface area contributed by atoms with Crippen LogP contribution in [0.15, 0.2) is 51.8 Å². The Hall–Kier alpha value is -2.44. The molecule has 0 bridgehead atoms. The van der Waals surface area contributed by atoms with Gasteiger partial charge in [-0.05, 0) is 48.9 Å². The third kappa shape index (κ3) is 3.57. The van der Waals surface area contributed by atoms with Gasteiger partial charge in [0, 0.05) is 17.4 Å². The van der Waals surface area contributed by atoms with Crippen molar-refractivity contribution in [1.82, 2.24) is 0 Å². The normalized spacial score (nSPS) is 12.3. The molecule has 136 valence electrons. The van der Waals surface area contributed by atoms with Crippen molar-refractivity contribution in [2.24, 2.45) is 0 Å². The Bertz CT molecular complexity index is 956. The summed E-state index contributed by atoms with van der Waals surface area (Å²) in [6, 6.07) is 11.6. The molecule has 1 aromatic heterocycles. The van der Waals surface area contributed by atoms with Gasteiger partial charge in [0.25, 0.3) is 0 Å². The van der Waals surface area contributed by atoms with Gasteiger partial charge in [0.1, 0.15) is 17.1 Å². The maximum Gasteiger partial charge on any atom is 0.197 e. The number of rotatable bonds is 7. The number of benzene rings is 2. The largest absolute Gasteiger partial charge is 0.497 e. The molecule has 0 radical (unpaired) electrons. The Kier molecular flexibility index (Phi) is 5.54. The molecular formula is C20H20O5S. The molecule has 0 aliphatic heterocycles. The topological polar surface area (TPSA) is 76.7 Å². The molecular weight excluding hydrogens is 352 g/mol. The molecule has 0 amide bonds. The molecule has 5 nitrogen and oxygen atoms in total. The number of hydrogen-bond donors (Lipinski definition) is 1. The fraction of sp³-hybridized carbons (Fsp3) is 0.250. The van der Waals surface area contributed by atoms with Crippen molar-refractivity contribution in [3.8, 4) is 5.75 Å². The Balaban J connectivity index is 2.14. The molecule has 3 aromatic rings. The Labute approximate surface area is 154 Å². The van der Waals surface area contributed by atoms with Gasteiger partial charge in [-0.25, -0.2) is 4.21 Å². The standard InChI is InChI=1S/C20H20O5S/c1-3-4-5-18-19(20(21)13-6-8-14(24-2)9-7-13)16-12-15(26(22)23)10-11-17(16)25-18/h6-12H,3-5H2,1-2H3,(H,22,23). The van der Waals surface area contributed by atoms with Gasteiger partial charge < -0.3 is 13.7 Å². The number of fused-ring (bicyclic) bond motifs is 1. The van der Waals surface area contributed by atoms with E-state index in [9.17, 15) is 13.6 Å². The van der Waals surface area contributed by atoms with E-state index in [0.717, 1.165) is 12.8 Å². The average molecular weight is 372 g/mol. The van der Waals surface area contributed by atoms with Crippen LogP contribution in [-0.2, 0) is 17.5 Å². The molecule has 0 saturated carbocycles. The summed E-state index contributed by atoms with van der Waals surface area (Å²) in [4.78, 5) is 13.4. The average Bonchev–Trinajstić information content (AvgIpc) is 3.03. The van der Waals surface area contributed by atoms with Gasteiger partial charge in [-0.15, -0.1) is 0 Å². The smallest absolute Gasteiger partial charge is 0.197 e. The number of carbonyl (C=O) groups excluding carboxylic acids is 1. The first-order chi connectivity index (χ1) is 12.5. The van der Waals surface area contributed by atoms with E-state index in [1.54, 1.807) is 43.5 Å². The maximum atomic E-state index is 13.1. The minimum absolute atomic E-state index is 0.168. The quantitative estimate of drug-likeness (QED) is 0.485. The van der Waals surface area contributed by atoms with Crippen LogP contribution >= 0.6 is 0 Å². The van der Waals surface area contributed by atoms with E-state index in [2.05, 4.69) is 6.92 Å². The highest BCUT2D eigenvalue weighted by Crippen LogP contribution is 2.31. The van der Waals surface area contributed by atoms with E-state index in [0.29, 0.717) is 40.0 Å². The second kappa shape index (κ2) is 7.85. The highest BCUT2D eigenvalue weighted by atomic mass is 32.2. The minimum atomic E-state index is -2.12. The number of aryl methyl sites for hydroxylation is 1. The second-order valence-electron chi connectivity index (χ2n) is 5.97. The zero-order chi connectivity index (χ0) is 18.7. The lowest BCUT2D eigenvalue weighted by atomic mass is 9.98. The van der Waals surface area contributed by atoms with Crippen molar-refractivity contribution in [2.75, 3.05) is 7.11 Å². The summed E-state index contributed by atoms with van der Waals surface area (Å²) in [7, 11) is 1.57. The number of unbranched alkanes of at least 4 members (excludes halogenated alkanes) is 1. The van der Waals surface area contributed by atoms with Crippen LogP contribution in [0.1, 0.15) is 41.4 Å². The third-order valence-electron chi connectivity index (χ3n) is 4.27. The monoisotopic (exact) mass is 372 g/mol. The Morgan fingerprint density at radius 2 is 1.92 bits per heavy atom. The van der Waals surface area contributed by atoms with E-state index in [4.69, 9.17) is 9.15 Å². The third-order valence-corrected chi connectivity index (χ3v) is 4.93. The summed E-state index contributed by atoms with van der Waals surface area (Å²) >= 11 is -2.12. The lowest BCUT2D eigenvalue weighted by molar-refractivity contribution is 0.103. The summed E-state index contributed by atoms with van der Waals surface area (Å²) in [6.45, 7) is 2.07. The van der Waals surface area contributed by atoms with Crippen molar-refractivity contribution in [1.29, 1.82) is 0 Å². The van der Waals surface area contributed by atoms with Crippen molar-refractivity contribution < 1.29 is 22.7 Å². The van der Waals surface area contributed by atoms with Crippen molar-refractivity contribution in [2.45, 2.75) is 31.1 Å². The zero-order valence-corrected chi connectivity index (χ0v) is 15.5. The Morgan fingerprint density at radius 3 is 2.54 bits per heavy atom. The first-order valence-electron chi connectivity index (χ1n) is 8.40. The summed E-state index contributed by atoms with van der Waals surface area (Å²) in [5, 5.41) is 0.567. The van der Waals surface area contributed by atoms with E-state index in [-0.39, 0.29) is 10.7 Å². The number of methoxy groups -OCH3 is 1. The van der Waals surface area contributed by atoms with E-state index in [1.165, 1.54) is 6.07 Å². The molecule has 1 N–H and O–H groups in total. The van der Waals surface area contributed by atoms with Crippen molar-refractivity contribution in [3.05, 3.63) is 59.4 Å². The van der Waals surface area contributed by atoms with Gasteiger partial charge in [-0.2, -0.15) is 0 Å². The summed E-state index contributed by atoms with van der Waals surface area (Å²) in [5.41, 5.74) is 1.52. The summed E-state index contributed by atoms with van der Waals surface area (Å²) < 4.78 is 31.8. The van der Waals surface area contributed by atoms with E-state index in [1.807, 2.05) is 0 Å². The van der Waals surface area contributed by atoms with Crippen LogP contribution in [0, 0.1) is 0 Å². The molecule has 3 rings (SSSR count). The van der Waals surface area contributed by atoms with Gasteiger partial charge in [0.15, 0.2) is 16.9 Å². The van der Waals surface area contributed by atoms with Crippen LogP contribution in [0.4, 0.5) is 0 Å². The van der Waals surface area contributed by atoms with Gasteiger partial charge in [0.2, 0.25) is 0 Å². The number of hydrogen-bond acceptors (Lipinski definition) is 4. The van der Waals surface area contributed by atoms with Crippen LogP contribution in [0.3, 0.4) is 0 Å². The van der Waals surface area contributed by atoms with Crippen LogP contribution < -0.4 is 4.74 Å². The SMILES string of the molecule is CCCCc1oc2ccc(S(=O)O)cc2c1C(=O)c1ccc(OC)cc1. The number of ketones is 1. The van der Waals surface area contributed by atoms with Crippen LogP contribution in [0.5, 0.6) is 5.75 Å². The number of furan rings is 1. The highest BCUT2D eigenvalue weighted by molar-refractivity contribution is 7.79. The zero-order valence-electron chi connectivity index (χ0n) is 14.7. The first-order valence-corrected chi connectivity index (χ1v) is 9.50. The number of carbonyl (C=O) groups is 1. The molecule has 0 spiro atoms.